The number of likely N-dealkylation sites (tertiary alicyclic amines) is 1. The molecular formula is C22H34N4O3. The Morgan fingerprint density at radius 1 is 1.28 bits per heavy atom. The predicted molar refractivity (Wildman–Crippen MR) is 110 cm³/mol. The van der Waals surface area contributed by atoms with Crippen LogP contribution in [0, 0.1) is 18.3 Å². The highest BCUT2D eigenvalue weighted by molar-refractivity contribution is 5.76. The molecule has 7 nitrogen and oxygen atoms in total. The minimum atomic E-state index is -0.482. The summed E-state index contributed by atoms with van der Waals surface area (Å²) in [5, 5.41) is 11.2. The minimum Gasteiger partial charge on any atom is -0.444 e. The number of hydrogen-bond donors (Lipinski definition) is 1. The molecule has 0 aromatic carbocycles. The van der Waals surface area contributed by atoms with Gasteiger partial charge in [-0.3, -0.25) is 4.79 Å². The fraction of sp³-hybridized carbons (Fsp3) is 0.818. The zero-order chi connectivity index (χ0) is 21.1. The molecule has 0 aromatic heterocycles. The summed E-state index contributed by atoms with van der Waals surface area (Å²) in [5.74, 6) is 3.04. The summed E-state index contributed by atoms with van der Waals surface area (Å²) in [6.45, 7) is 7.06. The maximum atomic E-state index is 12.7. The number of nitrogens with zero attached hydrogens (tertiary/aromatic N) is 3. The molecule has 2 aliphatic heterocycles. The van der Waals surface area contributed by atoms with Crippen molar-refractivity contribution in [1.29, 1.82) is 0 Å². The molecule has 1 spiro atoms. The van der Waals surface area contributed by atoms with E-state index in [0.717, 1.165) is 38.5 Å². The van der Waals surface area contributed by atoms with Crippen molar-refractivity contribution in [3.05, 3.63) is 0 Å². The van der Waals surface area contributed by atoms with Gasteiger partial charge in [-0.1, -0.05) is 0 Å². The first-order valence-electron chi connectivity index (χ1n) is 10.8. The zero-order valence-corrected chi connectivity index (χ0v) is 18.0. The van der Waals surface area contributed by atoms with E-state index in [-0.39, 0.29) is 17.5 Å². The average Bonchev–Trinajstić information content (AvgIpc) is 3.40. The molecule has 2 heterocycles. The SMILES string of the molecule is C#CCCC1(CCC(=O)NCC2CCN(C(=O)OC(C)(C)C)C3(CCC3)C2)N=N1. The molecule has 1 unspecified atom stereocenters. The molecule has 0 radical (unpaired) electrons. The number of rotatable bonds is 7. The Balaban J connectivity index is 1.43. The lowest BCUT2D eigenvalue weighted by Crippen LogP contribution is -2.61. The van der Waals surface area contributed by atoms with Crippen molar-refractivity contribution in [3.63, 3.8) is 0 Å². The van der Waals surface area contributed by atoms with Gasteiger partial charge in [0.2, 0.25) is 5.91 Å². The molecule has 1 atom stereocenters. The van der Waals surface area contributed by atoms with Gasteiger partial charge in [-0.05, 0) is 58.8 Å². The lowest BCUT2D eigenvalue weighted by atomic mass is 9.67. The van der Waals surface area contributed by atoms with E-state index < -0.39 is 11.3 Å². The van der Waals surface area contributed by atoms with Gasteiger partial charge in [0, 0.05) is 44.3 Å². The Bertz CT molecular complexity index is 694. The van der Waals surface area contributed by atoms with E-state index in [1.54, 1.807) is 0 Å². The van der Waals surface area contributed by atoms with Crippen LogP contribution in [0.2, 0.25) is 0 Å². The molecule has 7 heteroatoms. The molecule has 0 aromatic rings. The molecule has 29 heavy (non-hydrogen) atoms. The van der Waals surface area contributed by atoms with Gasteiger partial charge >= 0.3 is 6.09 Å². The lowest BCUT2D eigenvalue weighted by Gasteiger charge is -2.54. The molecule has 160 valence electrons. The highest BCUT2D eigenvalue weighted by Gasteiger charge is 2.49. The van der Waals surface area contributed by atoms with Gasteiger partial charge in [-0.2, -0.15) is 10.2 Å². The molecule has 3 rings (SSSR count). The Labute approximate surface area is 174 Å². The molecule has 1 saturated heterocycles. The van der Waals surface area contributed by atoms with Gasteiger partial charge < -0.3 is 15.0 Å². The third-order valence-electron chi connectivity index (χ3n) is 6.29. The average molecular weight is 403 g/mol. The second kappa shape index (κ2) is 8.33. The number of piperidine rings is 1. The van der Waals surface area contributed by atoms with Gasteiger partial charge in [0.1, 0.15) is 5.60 Å². The van der Waals surface area contributed by atoms with E-state index in [4.69, 9.17) is 11.2 Å². The van der Waals surface area contributed by atoms with Gasteiger partial charge in [-0.15, -0.1) is 12.3 Å². The second-order valence-electron chi connectivity index (χ2n) is 9.76. The van der Waals surface area contributed by atoms with Crippen LogP contribution in [0.5, 0.6) is 0 Å². The molecule has 0 bridgehead atoms. The first-order chi connectivity index (χ1) is 13.7. The smallest absolute Gasteiger partial charge is 0.410 e. The van der Waals surface area contributed by atoms with E-state index in [2.05, 4.69) is 21.5 Å². The highest BCUT2D eigenvalue weighted by atomic mass is 16.6. The van der Waals surface area contributed by atoms with Crippen molar-refractivity contribution in [2.75, 3.05) is 13.1 Å². The quantitative estimate of drug-likeness (QED) is 0.653. The summed E-state index contributed by atoms with van der Waals surface area (Å²) in [4.78, 5) is 26.9. The van der Waals surface area contributed by atoms with Gasteiger partial charge in [-0.25, -0.2) is 4.79 Å². The van der Waals surface area contributed by atoms with E-state index in [1.165, 1.54) is 0 Å². The predicted octanol–water partition coefficient (Wildman–Crippen LogP) is 4.03. The van der Waals surface area contributed by atoms with Crippen molar-refractivity contribution in [2.24, 2.45) is 16.1 Å². The van der Waals surface area contributed by atoms with Crippen LogP contribution >= 0.6 is 0 Å². The van der Waals surface area contributed by atoms with Crippen molar-refractivity contribution < 1.29 is 14.3 Å². The standard InChI is InChI=1S/C22H34N4O3/c1-5-6-12-22(24-25-22)13-8-18(27)23-16-17-9-14-26(19(28)29-20(2,3)4)21(15-17)10-7-11-21/h1,17H,6-16H2,2-4H3,(H,23,27). The number of hydrogen-bond acceptors (Lipinski definition) is 5. The Morgan fingerprint density at radius 3 is 2.55 bits per heavy atom. The number of nitrogens with one attached hydrogen (secondary N) is 1. The first kappa shape index (κ1) is 21.6. The van der Waals surface area contributed by atoms with Crippen LogP contribution < -0.4 is 5.32 Å². The van der Waals surface area contributed by atoms with E-state index >= 15 is 0 Å². The maximum absolute atomic E-state index is 12.7. The van der Waals surface area contributed by atoms with Gasteiger partial charge in [0.15, 0.2) is 5.66 Å². The third-order valence-corrected chi connectivity index (χ3v) is 6.29. The Hall–Kier alpha value is -2.10. The van der Waals surface area contributed by atoms with Gasteiger partial charge in [0.05, 0.1) is 0 Å². The molecule has 1 saturated carbocycles. The number of ether oxygens (including phenoxy) is 1. The van der Waals surface area contributed by atoms with Crippen LogP contribution in [0.15, 0.2) is 10.2 Å². The molecule has 2 fully saturated rings. The summed E-state index contributed by atoms with van der Waals surface area (Å²) in [6.07, 6.45) is 12.5. The second-order valence-corrected chi connectivity index (χ2v) is 9.76. The van der Waals surface area contributed by atoms with Crippen LogP contribution in [0.25, 0.3) is 0 Å². The molecule has 1 aliphatic carbocycles. The van der Waals surface area contributed by atoms with Crippen LogP contribution in [-0.2, 0) is 9.53 Å². The summed E-state index contributed by atoms with van der Waals surface area (Å²) >= 11 is 0. The van der Waals surface area contributed by atoms with Crippen LogP contribution in [0.3, 0.4) is 0 Å². The van der Waals surface area contributed by atoms with E-state index in [0.29, 0.717) is 38.3 Å². The monoisotopic (exact) mass is 402 g/mol. The van der Waals surface area contributed by atoms with Crippen LogP contribution in [-0.4, -0.2) is 46.8 Å². The van der Waals surface area contributed by atoms with Crippen molar-refractivity contribution in [3.8, 4) is 12.3 Å². The number of terminal acetylenes is 1. The summed E-state index contributed by atoms with van der Waals surface area (Å²) in [5.41, 5.74) is -0.968. The van der Waals surface area contributed by atoms with Crippen LogP contribution in [0.4, 0.5) is 4.79 Å². The highest BCUT2D eigenvalue weighted by Crippen LogP contribution is 2.46. The van der Waals surface area contributed by atoms with Crippen molar-refractivity contribution in [2.45, 2.75) is 95.4 Å². The topological polar surface area (TPSA) is 83.4 Å². The fourth-order valence-electron chi connectivity index (χ4n) is 4.46. The molecule has 1 N–H and O–H groups in total. The van der Waals surface area contributed by atoms with E-state index in [9.17, 15) is 9.59 Å². The summed E-state index contributed by atoms with van der Waals surface area (Å²) in [7, 11) is 0. The largest absolute Gasteiger partial charge is 0.444 e. The fourth-order valence-corrected chi connectivity index (χ4v) is 4.46. The maximum Gasteiger partial charge on any atom is 0.410 e. The molecule has 2 amide bonds. The minimum absolute atomic E-state index is 0.0413. The lowest BCUT2D eigenvalue weighted by molar-refractivity contribution is -0.122. The Morgan fingerprint density at radius 2 is 2.00 bits per heavy atom. The molecular weight excluding hydrogens is 368 g/mol. The van der Waals surface area contributed by atoms with Crippen molar-refractivity contribution in [1.82, 2.24) is 10.2 Å². The normalized spacial score (nSPS) is 23.8. The Kier molecular flexibility index (Phi) is 6.21. The number of carbonyl (C=O) groups is 2. The van der Waals surface area contributed by atoms with Crippen molar-refractivity contribution >= 4 is 12.0 Å². The van der Waals surface area contributed by atoms with Crippen LogP contribution in [0.1, 0.15) is 78.6 Å². The number of amides is 2. The third kappa shape index (κ3) is 5.49. The zero-order valence-electron chi connectivity index (χ0n) is 18.0. The summed E-state index contributed by atoms with van der Waals surface area (Å²) < 4.78 is 5.63. The summed E-state index contributed by atoms with van der Waals surface area (Å²) in [6, 6.07) is 0. The molecule has 3 aliphatic rings. The van der Waals surface area contributed by atoms with E-state index in [1.807, 2.05) is 25.7 Å². The van der Waals surface area contributed by atoms with Gasteiger partial charge in [0.25, 0.3) is 0 Å². The number of carbonyl (C=O) groups excluding carboxylic acids is 2. The first-order valence-corrected chi connectivity index (χ1v) is 10.8.